The summed E-state index contributed by atoms with van der Waals surface area (Å²) in [5.41, 5.74) is 3.66. The third-order valence-electron chi connectivity index (χ3n) is 10.5. The van der Waals surface area contributed by atoms with Gasteiger partial charge in [-0.15, -0.1) is 0 Å². The Morgan fingerprint density at radius 2 is 1.07 bits per heavy atom. The molecule has 0 saturated heterocycles. The molecule has 2 saturated carbocycles. The topological polar surface area (TPSA) is 34.0 Å². The Hall–Kier alpha value is 0.970. The summed E-state index contributed by atoms with van der Waals surface area (Å²) in [6, 6.07) is 0.752. The number of hydrogen-bond acceptors (Lipinski definition) is 3. The van der Waals surface area contributed by atoms with Gasteiger partial charge in [-0.2, -0.15) is 0 Å². The van der Waals surface area contributed by atoms with Gasteiger partial charge in [0.2, 0.25) is 0 Å². The van der Waals surface area contributed by atoms with Crippen molar-refractivity contribution in [3.8, 4) is 0 Å². The number of hydrogen-bond donors (Lipinski definition) is 0. The fourth-order valence-corrected chi connectivity index (χ4v) is 8.41. The molecule has 0 heterocycles. The van der Waals surface area contributed by atoms with Crippen molar-refractivity contribution in [2.75, 3.05) is 6.61 Å². The Morgan fingerprint density at radius 3 is 1.41 bits per heavy atom. The molecule has 0 spiro atoms. The monoisotopic (exact) mass is 804 g/mol. The van der Waals surface area contributed by atoms with Gasteiger partial charge in [0.25, 0.3) is 0 Å². The van der Waals surface area contributed by atoms with Crippen LogP contribution in [0.25, 0.3) is 0 Å². The zero-order valence-electron chi connectivity index (χ0n) is 31.7. The fourth-order valence-electron chi connectivity index (χ4n) is 7.65. The molecule has 2 rings (SSSR count). The van der Waals surface area contributed by atoms with E-state index in [0.29, 0.717) is 34.7 Å². The van der Waals surface area contributed by atoms with Gasteiger partial charge in [-0.25, -0.2) is 0 Å². The molecule has 2 fully saturated rings. The number of rotatable bonds is 8. The SMILES string of the molecule is CC(=NC1CC(C(C)(C)C)CCC1C(C)(C)C)C(CCCO[Si](C)(C)C)=NC1CC(C(C)(C)C)CCC1C(C)(C)C.[Br][Ni][Br]. The normalized spacial score (nSPS) is 28.5. The Kier molecular flexibility index (Phi) is 17.2. The summed E-state index contributed by atoms with van der Waals surface area (Å²) in [5, 5.41) is 0. The Bertz CT molecular complexity index is 918. The second-order valence-corrected chi connectivity index (χ2v) is 28.7. The Labute approximate surface area is 296 Å². The van der Waals surface area contributed by atoms with Crippen LogP contribution < -0.4 is 0 Å². The van der Waals surface area contributed by atoms with Gasteiger partial charge in [0.05, 0.1) is 23.5 Å². The van der Waals surface area contributed by atoms with Crippen molar-refractivity contribution in [1.29, 1.82) is 0 Å². The molecule has 0 aliphatic heterocycles. The molecule has 0 aromatic heterocycles. The van der Waals surface area contributed by atoms with Crippen molar-refractivity contribution < 1.29 is 15.3 Å². The zero-order chi connectivity index (χ0) is 34.3. The van der Waals surface area contributed by atoms with Gasteiger partial charge in [0.15, 0.2) is 8.32 Å². The van der Waals surface area contributed by atoms with E-state index in [0.717, 1.165) is 31.3 Å². The molecular formula is C37H72Br2N2NiOSi. The van der Waals surface area contributed by atoms with E-state index in [2.05, 4.69) is 138 Å². The molecule has 3 nitrogen and oxygen atoms in total. The fraction of sp³-hybridized carbons (Fsp3) is 0.946. The van der Waals surface area contributed by atoms with Gasteiger partial charge in [-0.1, -0.05) is 83.1 Å². The van der Waals surface area contributed by atoms with Crippen LogP contribution in [0.1, 0.15) is 141 Å². The van der Waals surface area contributed by atoms with Crippen molar-refractivity contribution in [2.24, 2.45) is 55.3 Å². The molecule has 2 aliphatic carbocycles. The van der Waals surface area contributed by atoms with Crippen molar-refractivity contribution >= 4 is 48.2 Å². The van der Waals surface area contributed by atoms with Crippen molar-refractivity contribution in [1.82, 2.24) is 0 Å². The maximum atomic E-state index is 6.29. The molecule has 0 N–H and O–H groups in total. The number of nitrogens with zero attached hydrogens (tertiary/aromatic N) is 2. The molecule has 0 aromatic carbocycles. The molecule has 44 heavy (non-hydrogen) atoms. The van der Waals surface area contributed by atoms with Crippen LogP contribution in [-0.4, -0.2) is 38.4 Å². The molecule has 264 valence electrons. The number of aliphatic imine (C=N–C) groups is 2. The van der Waals surface area contributed by atoms with E-state index < -0.39 is 8.32 Å². The second kappa shape index (κ2) is 17.6. The summed E-state index contributed by atoms with van der Waals surface area (Å²) < 4.78 is 6.29. The summed E-state index contributed by atoms with van der Waals surface area (Å²) in [5.74, 6) is 2.68. The summed E-state index contributed by atoms with van der Waals surface area (Å²) in [4.78, 5) is 11.4. The molecule has 7 heteroatoms. The van der Waals surface area contributed by atoms with Crippen LogP contribution in [-0.2, 0) is 15.3 Å². The first-order valence-electron chi connectivity index (χ1n) is 17.4. The van der Waals surface area contributed by atoms with Crippen LogP contribution in [0.2, 0.25) is 19.6 Å². The molecule has 2 aliphatic rings. The average Bonchev–Trinajstić information content (AvgIpc) is 2.83. The van der Waals surface area contributed by atoms with Crippen molar-refractivity contribution in [3.63, 3.8) is 0 Å². The van der Waals surface area contributed by atoms with Crippen LogP contribution >= 0.6 is 28.5 Å². The Morgan fingerprint density at radius 1 is 0.682 bits per heavy atom. The summed E-state index contributed by atoms with van der Waals surface area (Å²) >= 11 is 6.00. The van der Waals surface area contributed by atoms with Gasteiger partial charge in [0.1, 0.15) is 0 Å². The van der Waals surface area contributed by atoms with E-state index >= 15 is 0 Å². The zero-order valence-corrected chi connectivity index (χ0v) is 36.9. The van der Waals surface area contributed by atoms with E-state index in [1.54, 1.807) is 0 Å². The second-order valence-electron chi connectivity index (χ2n) is 19.2. The van der Waals surface area contributed by atoms with E-state index in [4.69, 9.17) is 14.4 Å². The quantitative estimate of drug-likeness (QED) is 0.137. The van der Waals surface area contributed by atoms with E-state index in [1.807, 2.05) is 0 Å². The minimum atomic E-state index is -1.53. The molecule has 0 amide bonds. The average molecular weight is 808 g/mol. The third kappa shape index (κ3) is 15.0. The standard InChI is InChI=1S/C37H72N2OSi.2BrH.Ni/c1-26(38-32-24-27(34(2,3)4)19-21-29(32)36(8,9)10)31(18-17-23-40-41(14,15)16)39-33-25-28(35(5,6)7)20-22-30(33)37(11,12)13;;;/h27-30,32-33H,17-25H2,1-16H3;2*1H;/q;;;+2/p-2. The maximum absolute atomic E-state index is 6.29. The van der Waals surface area contributed by atoms with Gasteiger partial charge >= 0.3 is 39.3 Å². The molecule has 0 aromatic rings. The summed E-state index contributed by atoms with van der Waals surface area (Å²) in [6.07, 6.45) is 9.63. The van der Waals surface area contributed by atoms with E-state index in [1.165, 1.54) is 60.8 Å². The summed E-state index contributed by atoms with van der Waals surface area (Å²) in [7, 11) is -0.276. The number of halogens is 2. The van der Waals surface area contributed by atoms with Crippen LogP contribution in [0.4, 0.5) is 0 Å². The molecule has 6 unspecified atom stereocenters. The van der Waals surface area contributed by atoms with Crippen molar-refractivity contribution in [3.05, 3.63) is 0 Å². The predicted molar refractivity (Wildman–Crippen MR) is 204 cm³/mol. The first kappa shape index (κ1) is 43.0. The first-order valence-corrected chi connectivity index (χ1v) is 25.7. The Balaban J connectivity index is 0.00000309. The summed E-state index contributed by atoms with van der Waals surface area (Å²) in [6.45, 7) is 39.1. The van der Waals surface area contributed by atoms with Crippen LogP contribution in [0.5, 0.6) is 0 Å². The van der Waals surface area contributed by atoms with Gasteiger partial charge in [0, 0.05) is 6.61 Å². The first-order chi connectivity index (χ1) is 19.8. The molecule has 0 bridgehead atoms. The molecular weight excluding hydrogens is 735 g/mol. The van der Waals surface area contributed by atoms with Crippen LogP contribution in [0.15, 0.2) is 9.98 Å². The molecule has 6 atom stereocenters. The van der Waals surface area contributed by atoms with E-state index in [9.17, 15) is 0 Å². The van der Waals surface area contributed by atoms with Gasteiger partial charge in [-0.05, 0) is 123 Å². The van der Waals surface area contributed by atoms with Crippen LogP contribution in [0, 0.1) is 45.3 Å². The minimum absolute atomic E-state index is 0.259. The van der Waals surface area contributed by atoms with Gasteiger partial charge in [-0.3, -0.25) is 9.98 Å². The van der Waals surface area contributed by atoms with E-state index in [-0.39, 0.29) is 10.8 Å². The van der Waals surface area contributed by atoms with Crippen LogP contribution in [0.3, 0.4) is 0 Å². The third-order valence-corrected chi connectivity index (χ3v) is 11.6. The predicted octanol–water partition coefficient (Wildman–Crippen LogP) is 13.0. The van der Waals surface area contributed by atoms with Crippen molar-refractivity contribution in [2.45, 2.75) is 173 Å². The molecule has 0 radical (unpaired) electrons. The van der Waals surface area contributed by atoms with Gasteiger partial charge < -0.3 is 4.43 Å².